The Morgan fingerprint density at radius 1 is 1.15 bits per heavy atom. The molecule has 0 saturated heterocycles. The van der Waals surface area contributed by atoms with E-state index in [0.29, 0.717) is 0 Å². The molecule has 0 saturated carbocycles. The van der Waals surface area contributed by atoms with Gasteiger partial charge in [0.25, 0.3) is 4.83 Å². The molecule has 0 aliphatic heterocycles. The van der Waals surface area contributed by atoms with E-state index in [9.17, 15) is 0 Å². The Balaban J connectivity index is 0.000000845. The minimum atomic E-state index is 0. The van der Waals surface area contributed by atoms with E-state index in [2.05, 4.69) is 42.8 Å². The molecule has 0 radical (unpaired) electrons. The van der Waals surface area contributed by atoms with Crippen LogP contribution in [0.15, 0.2) is 17.6 Å². The van der Waals surface area contributed by atoms with Crippen molar-refractivity contribution in [2.24, 2.45) is 0 Å². The van der Waals surface area contributed by atoms with Crippen molar-refractivity contribution in [3.63, 3.8) is 0 Å². The lowest BCUT2D eigenvalue weighted by atomic mass is 10.2. The molecule has 13 heavy (non-hydrogen) atoms. The highest BCUT2D eigenvalue weighted by Crippen LogP contribution is 2.12. The van der Waals surface area contributed by atoms with Gasteiger partial charge in [0.2, 0.25) is 0 Å². The fourth-order valence-corrected chi connectivity index (χ4v) is 2.26. The molecule has 2 rings (SSSR count). The summed E-state index contributed by atoms with van der Waals surface area (Å²) in [6.45, 7) is 6.45. The van der Waals surface area contributed by atoms with Crippen molar-refractivity contribution in [1.82, 2.24) is 0 Å². The Morgan fingerprint density at radius 3 is 2.54 bits per heavy atom. The number of aromatic nitrogens is 1. The summed E-state index contributed by atoms with van der Waals surface area (Å²) in [5.74, 6) is 0. The van der Waals surface area contributed by atoms with Gasteiger partial charge in [0.05, 0.1) is 5.38 Å². The summed E-state index contributed by atoms with van der Waals surface area (Å²) in [6.07, 6.45) is 2.20. The average Bonchev–Trinajstić information content (AvgIpc) is 2.35. The second kappa shape index (κ2) is 3.76. The molecule has 0 fully saturated rings. The molecule has 1 nitrogen and oxygen atoms in total. The van der Waals surface area contributed by atoms with Crippen LogP contribution >= 0.6 is 11.3 Å². The van der Waals surface area contributed by atoms with Gasteiger partial charge >= 0.3 is 0 Å². The summed E-state index contributed by atoms with van der Waals surface area (Å²) in [7, 11) is 0. The maximum Gasteiger partial charge on any atom is 0.267 e. The van der Waals surface area contributed by atoms with Crippen LogP contribution in [-0.4, -0.2) is 0 Å². The van der Waals surface area contributed by atoms with E-state index in [0.717, 1.165) is 0 Å². The van der Waals surface area contributed by atoms with E-state index in [-0.39, 0.29) is 17.0 Å². The van der Waals surface area contributed by atoms with Gasteiger partial charge in [0.1, 0.15) is 0 Å². The highest BCUT2D eigenvalue weighted by molar-refractivity contribution is 7.15. The Morgan fingerprint density at radius 2 is 1.85 bits per heavy atom. The van der Waals surface area contributed by atoms with Gasteiger partial charge in [0, 0.05) is 18.6 Å². The number of halogens is 1. The zero-order valence-electron chi connectivity index (χ0n) is 7.97. The number of thiazole rings is 1. The molecular weight excluding hydrogens is 246 g/mol. The Hall–Kier alpha value is -0.410. The lowest BCUT2D eigenvalue weighted by Gasteiger charge is -1.93. The molecule has 0 aromatic carbocycles. The Kier molecular flexibility index (Phi) is 3.09. The first-order valence-electron chi connectivity index (χ1n) is 4.05. The van der Waals surface area contributed by atoms with Crippen molar-refractivity contribution in [2.75, 3.05) is 0 Å². The molecule has 0 amide bonds. The fraction of sp³-hybridized carbons (Fsp3) is 0.300. The SMILES string of the molecule is Cc1cc2scc(C)[n+]2cc1C.[Br-]. The van der Waals surface area contributed by atoms with Gasteiger partial charge in [-0.2, -0.15) is 4.40 Å². The molecule has 2 aromatic heterocycles. The third-order valence-corrected chi connectivity index (χ3v) is 3.27. The van der Waals surface area contributed by atoms with E-state index < -0.39 is 0 Å². The lowest BCUT2D eigenvalue weighted by Crippen LogP contribution is -3.00. The van der Waals surface area contributed by atoms with Crippen LogP contribution in [0.25, 0.3) is 4.83 Å². The average molecular weight is 258 g/mol. The molecule has 0 aliphatic carbocycles. The molecule has 0 spiro atoms. The first kappa shape index (κ1) is 10.7. The molecular formula is C10H12BrNS. The molecule has 3 heteroatoms. The standard InChI is InChI=1S/C10H12NS.BrH/c1-7-4-10-11(5-8(7)2)9(3)6-12-10;/h4-6H,1-3H3;1H/q+1;/p-1. The molecule has 0 atom stereocenters. The molecule has 2 heterocycles. The van der Waals surface area contributed by atoms with Gasteiger partial charge in [0.15, 0.2) is 11.9 Å². The first-order chi connectivity index (χ1) is 5.68. The summed E-state index contributed by atoms with van der Waals surface area (Å²) in [6, 6.07) is 2.24. The van der Waals surface area contributed by atoms with Gasteiger partial charge in [-0.25, -0.2) is 0 Å². The van der Waals surface area contributed by atoms with Crippen LogP contribution in [0.3, 0.4) is 0 Å². The second-order valence-corrected chi connectivity index (χ2v) is 4.11. The monoisotopic (exact) mass is 257 g/mol. The van der Waals surface area contributed by atoms with Crippen LogP contribution in [0.5, 0.6) is 0 Å². The lowest BCUT2D eigenvalue weighted by molar-refractivity contribution is -0.515. The van der Waals surface area contributed by atoms with Crippen LogP contribution in [0.4, 0.5) is 0 Å². The fourth-order valence-electron chi connectivity index (χ4n) is 1.30. The van der Waals surface area contributed by atoms with Crippen molar-refractivity contribution in [1.29, 1.82) is 0 Å². The van der Waals surface area contributed by atoms with Gasteiger partial charge in [-0.05, 0) is 19.4 Å². The minimum absolute atomic E-state index is 0. The van der Waals surface area contributed by atoms with Crippen molar-refractivity contribution in [3.05, 3.63) is 34.5 Å². The van der Waals surface area contributed by atoms with Crippen molar-refractivity contribution >= 4 is 16.2 Å². The third-order valence-electron chi connectivity index (χ3n) is 2.25. The van der Waals surface area contributed by atoms with Gasteiger partial charge < -0.3 is 17.0 Å². The zero-order valence-corrected chi connectivity index (χ0v) is 10.4. The normalized spacial score (nSPS) is 10.1. The van der Waals surface area contributed by atoms with Crippen molar-refractivity contribution in [3.8, 4) is 0 Å². The topological polar surface area (TPSA) is 4.10 Å². The summed E-state index contributed by atoms with van der Waals surface area (Å²) in [4.78, 5) is 1.33. The van der Waals surface area contributed by atoms with E-state index in [1.807, 2.05) is 0 Å². The molecule has 0 bridgehead atoms. The summed E-state index contributed by atoms with van der Waals surface area (Å²) in [5.41, 5.74) is 4.05. The van der Waals surface area contributed by atoms with E-state index in [1.165, 1.54) is 21.7 Å². The highest BCUT2D eigenvalue weighted by atomic mass is 79.9. The number of aryl methyl sites for hydroxylation is 3. The first-order valence-corrected chi connectivity index (χ1v) is 4.93. The van der Waals surface area contributed by atoms with Gasteiger partial charge in [-0.3, -0.25) is 0 Å². The largest absolute Gasteiger partial charge is 1.00 e. The van der Waals surface area contributed by atoms with E-state index in [4.69, 9.17) is 0 Å². The van der Waals surface area contributed by atoms with E-state index >= 15 is 0 Å². The van der Waals surface area contributed by atoms with Crippen LogP contribution in [-0.2, 0) is 0 Å². The number of fused-ring (bicyclic) bond motifs is 1. The number of hydrogen-bond donors (Lipinski definition) is 0. The van der Waals surface area contributed by atoms with Crippen molar-refractivity contribution in [2.45, 2.75) is 20.8 Å². The van der Waals surface area contributed by atoms with Crippen molar-refractivity contribution < 1.29 is 21.4 Å². The Labute approximate surface area is 92.8 Å². The quantitative estimate of drug-likeness (QED) is 0.557. The molecule has 70 valence electrons. The highest BCUT2D eigenvalue weighted by Gasteiger charge is 2.10. The Bertz CT molecular complexity index is 434. The number of pyridine rings is 1. The molecule has 0 aliphatic rings. The third kappa shape index (κ3) is 1.76. The summed E-state index contributed by atoms with van der Waals surface area (Å²) in [5, 5.41) is 2.19. The second-order valence-electron chi connectivity index (χ2n) is 3.22. The van der Waals surface area contributed by atoms with Crippen LogP contribution in [0.1, 0.15) is 16.8 Å². The smallest absolute Gasteiger partial charge is 0.267 e. The maximum atomic E-state index is 2.24. The number of nitrogens with zero attached hydrogens (tertiary/aromatic N) is 1. The predicted octanol–water partition coefficient (Wildman–Crippen LogP) is -0.584. The molecule has 0 unspecified atom stereocenters. The number of hydrogen-bond acceptors (Lipinski definition) is 1. The maximum absolute atomic E-state index is 2.24. The van der Waals surface area contributed by atoms with E-state index in [1.54, 1.807) is 11.3 Å². The molecule has 0 N–H and O–H groups in total. The van der Waals surface area contributed by atoms with Crippen LogP contribution in [0, 0.1) is 20.8 Å². The van der Waals surface area contributed by atoms with Crippen LogP contribution < -0.4 is 21.4 Å². The predicted molar refractivity (Wildman–Crippen MR) is 51.7 cm³/mol. The summed E-state index contributed by atoms with van der Waals surface area (Å²) < 4.78 is 2.24. The zero-order chi connectivity index (χ0) is 8.72. The van der Waals surface area contributed by atoms with Gasteiger partial charge in [-0.15, -0.1) is 0 Å². The molecule has 2 aromatic rings. The summed E-state index contributed by atoms with van der Waals surface area (Å²) >= 11 is 1.80. The minimum Gasteiger partial charge on any atom is -1.00 e. The van der Waals surface area contributed by atoms with Crippen LogP contribution in [0.2, 0.25) is 0 Å². The van der Waals surface area contributed by atoms with Gasteiger partial charge in [-0.1, -0.05) is 11.3 Å². The number of rotatable bonds is 0.